The second kappa shape index (κ2) is 6.21. The summed E-state index contributed by atoms with van der Waals surface area (Å²) in [6, 6.07) is 5.08. The average Bonchev–Trinajstić information content (AvgIpc) is 3.17. The minimum absolute atomic E-state index is 0.453. The first kappa shape index (κ1) is 15.1. The van der Waals surface area contributed by atoms with E-state index in [1.165, 1.54) is 44.6 Å². The van der Waals surface area contributed by atoms with E-state index in [4.69, 9.17) is 4.98 Å². The van der Waals surface area contributed by atoms with Crippen molar-refractivity contribution in [3.8, 4) is 0 Å². The highest BCUT2D eigenvalue weighted by atomic mass is 15.3. The highest BCUT2D eigenvalue weighted by Crippen LogP contribution is 2.35. The molecule has 5 nitrogen and oxygen atoms in total. The van der Waals surface area contributed by atoms with Gasteiger partial charge in [0.2, 0.25) is 0 Å². The molecule has 4 heterocycles. The Morgan fingerprint density at radius 2 is 2.13 bits per heavy atom. The Morgan fingerprint density at radius 3 is 2.91 bits per heavy atom. The van der Waals surface area contributed by atoms with Crippen molar-refractivity contribution in [2.24, 2.45) is 0 Å². The van der Waals surface area contributed by atoms with Crippen molar-refractivity contribution in [1.82, 2.24) is 24.3 Å². The van der Waals surface area contributed by atoms with Crippen molar-refractivity contribution in [2.75, 3.05) is 33.2 Å². The molecule has 0 aromatic carbocycles. The van der Waals surface area contributed by atoms with Crippen molar-refractivity contribution >= 4 is 11.2 Å². The van der Waals surface area contributed by atoms with E-state index in [9.17, 15) is 0 Å². The van der Waals surface area contributed by atoms with Crippen LogP contribution >= 0.6 is 0 Å². The summed E-state index contributed by atoms with van der Waals surface area (Å²) in [5.74, 6) is 1.25. The lowest BCUT2D eigenvalue weighted by atomic mass is 10.0. The molecule has 2 fully saturated rings. The number of aromatic nitrogens is 3. The van der Waals surface area contributed by atoms with E-state index in [0.717, 1.165) is 24.3 Å². The smallest absolute Gasteiger partial charge is 0.160 e. The van der Waals surface area contributed by atoms with Crippen molar-refractivity contribution in [1.29, 1.82) is 0 Å². The number of piperidine rings is 1. The maximum atomic E-state index is 5.04. The molecule has 0 saturated carbocycles. The molecule has 2 aliphatic heterocycles. The van der Waals surface area contributed by atoms with Crippen molar-refractivity contribution in [2.45, 2.75) is 44.7 Å². The second-order valence-electron chi connectivity index (χ2n) is 7.03. The summed E-state index contributed by atoms with van der Waals surface area (Å²) in [5, 5.41) is 0. The standard InChI is InChI=1S/C18H27N5/c1-3-22-11-5-4-8-16(22)18-20-15-7-6-10-19-17(15)23(18)14-9-12-21(2)13-14/h6-7,10,14,16H,3-5,8-9,11-13H2,1-2H3. The highest BCUT2D eigenvalue weighted by Gasteiger charge is 2.32. The molecular weight excluding hydrogens is 286 g/mol. The molecule has 4 rings (SSSR count). The molecule has 2 aliphatic rings. The molecule has 2 aromatic rings. The van der Waals surface area contributed by atoms with Gasteiger partial charge in [-0.2, -0.15) is 0 Å². The molecule has 5 heteroatoms. The lowest BCUT2D eigenvalue weighted by Gasteiger charge is -2.35. The molecule has 0 radical (unpaired) electrons. The summed E-state index contributed by atoms with van der Waals surface area (Å²) < 4.78 is 2.47. The molecule has 23 heavy (non-hydrogen) atoms. The predicted octanol–water partition coefficient (Wildman–Crippen LogP) is 2.85. The van der Waals surface area contributed by atoms with E-state index in [2.05, 4.69) is 39.4 Å². The molecule has 0 aliphatic carbocycles. The van der Waals surface area contributed by atoms with Crippen molar-refractivity contribution in [3.63, 3.8) is 0 Å². The third-order valence-electron chi connectivity index (χ3n) is 5.53. The Bertz CT molecular complexity index is 679. The van der Waals surface area contributed by atoms with Crippen LogP contribution < -0.4 is 0 Å². The Morgan fingerprint density at radius 1 is 1.22 bits per heavy atom. The fourth-order valence-electron chi connectivity index (χ4n) is 4.33. The van der Waals surface area contributed by atoms with E-state index < -0.39 is 0 Å². The van der Waals surface area contributed by atoms with Gasteiger partial charge < -0.3 is 9.47 Å². The molecular formula is C18H27N5. The lowest BCUT2D eigenvalue weighted by Crippen LogP contribution is -2.35. The molecule has 2 saturated heterocycles. The van der Waals surface area contributed by atoms with Crippen LogP contribution in [0.3, 0.4) is 0 Å². The van der Waals surface area contributed by atoms with Crippen molar-refractivity contribution in [3.05, 3.63) is 24.2 Å². The molecule has 2 unspecified atom stereocenters. The fraction of sp³-hybridized carbons (Fsp3) is 0.667. The number of imidazole rings is 1. The van der Waals surface area contributed by atoms with Crippen LogP contribution in [0.25, 0.3) is 11.2 Å². The molecule has 2 atom stereocenters. The summed E-state index contributed by atoms with van der Waals surface area (Å²) >= 11 is 0. The van der Waals surface area contributed by atoms with E-state index >= 15 is 0 Å². The molecule has 2 aromatic heterocycles. The van der Waals surface area contributed by atoms with E-state index in [1.807, 2.05) is 12.3 Å². The van der Waals surface area contributed by atoms with Crippen LogP contribution in [0.4, 0.5) is 0 Å². The molecule has 0 bridgehead atoms. The van der Waals surface area contributed by atoms with Gasteiger partial charge in [-0.1, -0.05) is 13.3 Å². The van der Waals surface area contributed by atoms with Gasteiger partial charge in [-0.05, 0) is 58.1 Å². The molecule has 0 amide bonds. The van der Waals surface area contributed by atoms with E-state index in [-0.39, 0.29) is 0 Å². The van der Waals surface area contributed by atoms with Crippen LogP contribution in [0.2, 0.25) is 0 Å². The number of likely N-dealkylation sites (N-methyl/N-ethyl adjacent to an activating group) is 1. The first-order valence-electron chi connectivity index (χ1n) is 9.03. The molecule has 0 N–H and O–H groups in total. The summed E-state index contributed by atoms with van der Waals surface area (Å²) in [7, 11) is 2.21. The summed E-state index contributed by atoms with van der Waals surface area (Å²) in [6.45, 7) is 6.84. The third-order valence-corrected chi connectivity index (χ3v) is 5.53. The number of likely N-dealkylation sites (tertiary alicyclic amines) is 2. The Labute approximate surface area is 138 Å². The third kappa shape index (κ3) is 2.66. The summed E-state index contributed by atoms with van der Waals surface area (Å²) in [6.07, 6.45) is 6.95. The fourth-order valence-corrected chi connectivity index (χ4v) is 4.33. The number of hydrogen-bond donors (Lipinski definition) is 0. The summed E-state index contributed by atoms with van der Waals surface area (Å²) in [5.41, 5.74) is 2.13. The number of rotatable bonds is 3. The Hall–Kier alpha value is -1.46. The van der Waals surface area contributed by atoms with E-state index in [1.54, 1.807) is 0 Å². The largest absolute Gasteiger partial charge is 0.307 e. The van der Waals surface area contributed by atoms with Gasteiger partial charge in [0.25, 0.3) is 0 Å². The average molecular weight is 313 g/mol. The number of hydrogen-bond acceptors (Lipinski definition) is 4. The van der Waals surface area contributed by atoms with Gasteiger partial charge in [-0.25, -0.2) is 9.97 Å². The SMILES string of the molecule is CCN1CCCCC1c1nc2cccnc2n1C1CCN(C)C1. The highest BCUT2D eigenvalue weighted by molar-refractivity contribution is 5.71. The zero-order chi connectivity index (χ0) is 15.8. The van der Waals surface area contributed by atoms with Gasteiger partial charge in [-0.15, -0.1) is 0 Å². The number of pyridine rings is 1. The van der Waals surface area contributed by atoms with Crippen LogP contribution in [-0.2, 0) is 0 Å². The van der Waals surface area contributed by atoms with Crippen LogP contribution in [0.1, 0.15) is 50.5 Å². The molecule has 124 valence electrons. The number of nitrogens with zero attached hydrogens (tertiary/aromatic N) is 5. The van der Waals surface area contributed by atoms with Gasteiger partial charge in [0.15, 0.2) is 5.65 Å². The number of fused-ring (bicyclic) bond motifs is 1. The van der Waals surface area contributed by atoms with Gasteiger partial charge in [0.1, 0.15) is 11.3 Å². The van der Waals surface area contributed by atoms with Crippen LogP contribution in [0.5, 0.6) is 0 Å². The maximum Gasteiger partial charge on any atom is 0.160 e. The van der Waals surface area contributed by atoms with Gasteiger partial charge in [0, 0.05) is 12.7 Å². The Kier molecular flexibility index (Phi) is 4.07. The maximum absolute atomic E-state index is 5.04. The minimum atomic E-state index is 0.453. The minimum Gasteiger partial charge on any atom is -0.307 e. The lowest BCUT2D eigenvalue weighted by molar-refractivity contribution is 0.145. The summed E-state index contributed by atoms with van der Waals surface area (Å²) in [4.78, 5) is 14.7. The zero-order valence-electron chi connectivity index (χ0n) is 14.3. The first-order valence-corrected chi connectivity index (χ1v) is 9.03. The van der Waals surface area contributed by atoms with Gasteiger partial charge >= 0.3 is 0 Å². The Balaban J connectivity index is 1.81. The van der Waals surface area contributed by atoms with Gasteiger partial charge in [0.05, 0.1) is 12.1 Å². The zero-order valence-corrected chi connectivity index (χ0v) is 14.3. The quantitative estimate of drug-likeness (QED) is 0.873. The van der Waals surface area contributed by atoms with Crippen LogP contribution in [0.15, 0.2) is 18.3 Å². The van der Waals surface area contributed by atoms with Crippen molar-refractivity contribution < 1.29 is 0 Å². The first-order chi connectivity index (χ1) is 11.3. The van der Waals surface area contributed by atoms with E-state index in [0.29, 0.717) is 12.1 Å². The second-order valence-corrected chi connectivity index (χ2v) is 7.03. The van der Waals surface area contributed by atoms with Crippen LogP contribution in [-0.4, -0.2) is 57.6 Å². The normalized spacial score (nSPS) is 27.0. The molecule has 0 spiro atoms. The topological polar surface area (TPSA) is 37.2 Å². The van der Waals surface area contributed by atoms with Crippen LogP contribution in [0, 0.1) is 0 Å². The monoisotopic (exact) mass is 313 g/mol. The predicted molar refractivity (Wildman–Crippen MR) is 92.5 cm³/mol. The van der Waals surface area contributed by atoms with Gasteiger partial charge in [-0.3, -0.25) is 4.90 Å².